The summed E-state index contributed by atoms with van der Waals surface area (Å²) in [6, 6.07) is 15.0. The molecule has 2 heterocycles. The van der Waals surface area contributed by atoms with Crippen molar-refractivity contribution >= 4 is 11.9 Å². The molecule has 2 aromatic carbocycles. The van der Waals surface area contributed by atoms with E-state index >= 15 is 0 Å². The lowest BCUT2D eigenvalue weighted by atomic mass is 9.94. The number of tetrazole rings is 1. The van der Waals surface area contributed by atoms with Crippen LogP contribution in [-0.2, 0) is 11.4 Å². The molecule has 1 unspecified atom stereocenters. The first-order valence-electron chi connectivity index (χ1n) is 8.88. The summed E-state index contributed by atoms with van der Waals surface area (Å²) in [5.74, 6) is 0.553. The van der Waals surface area contributed by atoms with E-state index in [9.17, 15) is 4.79 Å². The van der Waals surface area contributed by atoms with Crippen LogP contribution in [0, 0.1) is 6.92 Å². The van der Waals surface area contributed by atoms with Crippen LogP contribution in [-0.4, -0.2) is 26.1 Å². The number of allylic oxidation sites excluding steroid dienone is 1. The summed E-state index contributed by atoms with van der Waals surface area (Å²) in [6.07, 6.45) is 0. The van der Waals surface area contributed by atoms with Crippen molar-refractivity contribution in [1.82, 2.24) is 20.2 Å². The molecular formula is C20H20N6O2. The molecule has 1 amide bonds. The van der Waals surface area contributed by atoms with Crippen LogP contribution in [0.3, 0.4) is 0 Å². The fourth-order valence-corrected chi connectivity index (χ4v) is 3.38. The average Bonchev–Trinajstić information content (AvgIpc) is 3.14. The van der Waals surface area contributed by atoms with Gasteiger partial charge in [-0.05, 0) is 41.5 Å². The number of ether oxygens (including phenoxy) is 1. The maximum Gasteiger partial charge on any atom is 0.248 e. The molecule has 0 saturated carbocycles. The number of benzene rings is 2. The van der Waals surface area contributed by atoms with E-state index in [4.69, 9.17) is 10.5 Å². The minimum Gasteiger partial charge on any atom is -0.489 e. The quantitative estimate of drug-likeness (QED) is 0.708. The number of hydrogen-bond acceptors (Lipinski definition) is 6. The third kappa shape index (κ3) is 3.09. The van der Waals surface area contributed by atoms with Gasteiger partial charge in [0.05, 0.1) is 5.57 Å². The molecule has 1 aliphatic rings. The lowest BCUT2D eigenvalue weighted by Crippen LogP contribution is -2.32. The molecule has 0 radical (unpaired) electrons. The molecule has 0 aliphatic carbocycles. The van der Waals surface area contributed by atoms with Gasteiger partial charge in [-0.1, -0.05) is 47.6 Å². The van der Waals surface area contributed by atoms with E-state index in [1.807, 2.05) is 55.5 Å². The second-order valence-electron chi connectivity index (χ2n) is 6.63. The van der Waals surface area contributed by atoms with Gasteiger partial charge >= 0.3 is 0 Å². The summed E-state index contributed by atoms with van der Waals surface area (Å²) in [5, 5.41) is 14.8. The first-order chi connectivity index (χ1) is 13.6. The van der Waals surface area contributed by atoms with E-state index < -0.39 is 11.9 Å². The summed E-state index contributed by atoms with van der Waals surface area (Å²) in [4.78, 5) is 12.2. The van der Waals surface area contributed by atoms with Gasteiger partial charge in [-0.25, -0.2) is 0 Å². The molecule has 4 rings (SSSR count). The van der Waals surface area contributed by atoms with Crippen LogP contribution < -0.4 is 15.8 Å². The molecule has 0 fully saturated rings. The van der Waals surface area contributed by atoms with Crippen molar-refractivity contribution in [2.45, 2.75) is 26.5 Å². The van der Waals surface area contributed by atoms with E-state index in [1.165, 1.54) is 0 Å². The largest absolute Gasteiger partial charge is 0.489 e. The third-order valence-corrected chi connectivity index (χ3v) is 4.84. The number of nitrogens with two attached hydrogens (primary N) is 1. The van der Waals surface area contributed by atoms with E-state index in [1.54, 1.807) is 11.6 Å². The van der Waals surface area contributed by atoms with Gasteiger partial charge in [0, 0.05) is 11.3 Å². The molecule has 3 N–H and O–H groups in total. The number of aromatic nitrogens is 4. The molecule has 142 valence electrons. The molecule has 1 aromatic heterocycles. The van der Waals surface area contributed by atoms with Crippen LogP contribution in [0.5, 0.6) is 5.75 Å². The summed E-state index contributed by atoms with van der Waals surface area (Å²) < 4.78 is 7.68. The number of aryl methyl sites for hydroxylation is 1. The smallest absolute Gasteiger partial charge is 0.248 e. The second kappa shape index (κ2) is 7.15. The van der Waals surface area contributed by atoms with Crippen molar-refractivity contribution in [3.8, 4) is 5.75 Å². The SMILES string of the molecule is CC1=C(C(N)=O)C(c2ccccc2OCc2ccccc2C)n2nnnc2N1. The number of rotatable bonds is 5. The lowest BCUT2D eigenvalue weighted by Gasteiger charge is -2.28. The average molecular weight is 376 g/mol. The number of nitrogens with zero attached hydrogens (tertiary/aromatic N) is 4. The highest BCUT2D eigenvalue weighted by atomic mass is 16.5. The Morgan fingerprint density at radius 1 is 1.18 bits per heavy atom. The van der Waals surface area contributed by atoms with Crippen molar-refractivity contribution in [2.75, 3.05) is 5.32 Å². The standard InChI is InChI=1S/C20H20N6O2/c1-12-7-3-4-8-14(12)11-28-16-10-6-5-9-15(16)18-17(19(21)27)13(2)22-20-23-24-25-26(18)20/h3-10,18H,11H2,1-2H3,(H2,21,27)(H,22,23,25). The maximum absolute atomic E-state index is 12.2. The topological polar surface area (TPSA) is 108 Å². The Hall–Kier alpha value is -3.68. The van der Waals surface area contributed by atoms with Crippen LogP contribution >= 0.6 is 0 Å². The monoisotopic (exact) mass is 376 g/mol. The summed E-state index contributed by atoms with van der Waals surface area (Å²) >= 11 is 0. The van der Waals surface area contributed by atoms with Crippen LogP contribution in [0.1, 0.15) is 29.7 Å². The first-order valence-corrected chi connectivity index (χ1v) is 8.88. The van der Waals surface area contributed by atoms with Crippen LogP contribution in [0.4, 0.5) is 5.95 Å². The Bertz CT molecular complexity index is 1070. The van der Waals surface area contributed by atoms with Gasteiger partial charge in [0.15, 0.2) is 0 Å². The Labute approximate surface area is 162 Å². The van der Waals surface area contributed by atoms with Crippen LogP contribution in [0.2, 0.25) is 0 Å². The summed E-state index contributed by atoms with van der Waals surface area (Å²) in [7, 11) is 0. The third-order valence-electron chi connectivity index (χ3n) is 4.84. The second-order valence-corrected chi connectivity index (χ2v) is 6.63. The van der Waals surface area contributed by atoms with Gasteiger partial charge in [0.25, 0.3) is 0 Å². The highest BCUT2D eigenvalue weighted by Crippen LogP contribution is 2.38. The Morgan fingerprint density at radius 3 is 2.71 bits per heavy atom. The van der Waals surface area contributed by atoms with Gasteiger partial charge in [0.1, 0.15) is 18.4 Å². The highest BCUT2D eigenvalue weighted by molar-refractivity contribution is 5.95. The number of carbonyl (C=O) groups is 1. The predicted octanol–water partition coefficient (Wildman–Crippen LogP) is 2.33. The van der Waals surface area contributed by atoms with Gasteiger partial charge in [-0.3, -0.25) is 4.79 Å². The molecule has 3 aromatic rings. The number of fused-ring (bicyclic) bond motifs is 1. The zero-order chi connectivity index (χ0) is 19.7. The highest BCUT2D eigenvalue weighted by Gasteiger charge is 2.34. The van der Waals surface area contributed by atoms with Crippen LogP contribution in [0.15, 0.2) is 59.8 Å². The molecule has 28 heavy (non-hydrogen) atoms. The number of amides is 1. The van der Waals surface area contributed by atoms with Crippen molar-refractivity contribution < 1.29 is 9.53 Å². The Kier molecular flexibility index (Phi) is 4.52. The molecular weight excluding hydrogens is 356 g/mol. The number of para-hydroxylation sites is 1. The molecule has 0 bridgehead atoms. The number of carbonyl (C=O) groups excluding carboxylic acids is 1. The van der Waals surface area contributed by atoms with Crippen molar-refractivity contribution in [2.24, 2.45) is 5.73 Å². The molecule has 0 saturated heterocycles. The van der Waals surface area contributed by atoms with Crippen molar-refractivity contribution in [3.63, 3.8) is 0 Å². The molecule has 8 nitrogen and oxygen atoms in total. The number of nitrogens with one attached hydrogen (secondary N) is 1. The minimum atomic E-state index is -0.572. The summed E-state index contributed by atoms with van der Waals surface area (Å²) in [6.45, 7) is 4.23. The van der Waals surface area contributed by atoms with Gasteiger partial charge < -0.3 is 15.8 Å². The molecule has 1 aliphatic heterocycles. The van der Waals surface area contributed by atoms with Crippen molar-refractivity contribution in [3.05, 3.63) is 76.5 Å². The number of anilines is 1. The van der Waals surface area contributed by atoms with Gasteiger partial charge in [-0.15, -0.1) is 0 Å². The number of hydrogen-bond donors (Lipinski definition) is 2. The van der Waals surface area contributed by atoms with E-state index in [-0.39, 0.29) is 0 Å². The maximum atomic E-state index is 12.2. The molecule has 1 atom stereocenters. The zero-order valence-corrected chi connectivity index (χ0v) is 15.6. The fourth-order valence-electron chi connectivity index (χ4n) is 3.38. The summed E-state index contributed by atoms with van der Waals surface area (Å²) in [5.41, 5.74) is 9.71. The van der Waals surface area contributed by atoms with Crippen LogP contribution in [0.25, 0.3) is 0 Å². The number of primary amides is 1. The van der Waals surface area contributed by atoms with E-state index in [0.717, 1.165) is 16.7 Å². The van der Waals surface area contributed by atoms with Gasteiger partial charge in [0.2, 0.25) is 11.9 Å². The first kappa shape index (κ1) is 17.7. The van der Waals surface area contributed by atoms with Crippen molar-refractivity contribution in [1.29, 1.82) is 0 Å². The zero-order valence-electron chi connectivity index (χ0n) is 15.6. The van der Waals surface area contributed by atoms with Gasteiger partial charge in [-0.2, -0.15) is 4.68 Å². The van der Waals surface area contributed by atoms with E-state index in [2.05, 4.69) is 20.8 Å². The minimum absolute atomic E-state index is 0.395. The molecule has 0 spiro atoms. The normalized spacial score (nSPS) is 15.7. The predicted molar refractivity (Wildman–Crippen MR) is 103 cm³/mol. The van der Waals surface area contributed by atoms with E-state index in [0.29, 0.717) is 29.6 Å². The lowest BCUT2D eigenvalue weighted by molar-refractivity contribution is -0.115. The fraction of sp³-hybridized carbons (Fsp3) is 0.200. The Balaban J connectivity index is 1.75. The molecule has 8 heteroatoms. The Morgan fingerprint density at radius 2 is 1.93 bits per heavy atom.